The van der Waals surface area contributed by atoms with Gasteiger partial charge in [-0.25, -0.2) is 0 Å². The van der Waals surface area contributed by atoms with Gasteiger partial charge in [-0.2, -0.15) is 0 Å². The second-order valence-electron chi connectivity index (χ2n) is 6.32. The topological polar surface area (TPSA) is 103 Å². The number of aliphatic carboxylic acids is 1. The van der Waals surface area contributed by atoms with Crippen molar-refractivity contribution in [2.75, 3.05) is 19.6 Å². The summed E-state index contributed by atoms with van der Waals surface area (Å²) < 4.78 is 5.25. The lowest BCUT2D eigenvalue weighted by Gasteiger charge is -2.22. The molecule has 1 amide bonds. The zero-order valence-corrected chi connectivity index (χ0v) is 14.7. The maximum absolute atomic E-state index is 12.3. The molecule has 1 aliphatic heterocycles. The van der Waals surface area contributed by atoms with Gasteiger partial charge in [0.1, 0.15) is 12.4 Å². The Hall–Kier alpha value is -1.57. The molecule has 1 fully saturated rings. The monoisotopic (exact) mass is 360 g/mol. The Morgan fingerprint density at radius 2 is 2.08 bits per heavy atom. The molecule has 2 heterocycles. The molecule has 0 saturated carbocycles. The molecule has 0 unspecified atom stereocenters. The number of amides is 1. The molecule has 0 radical (unpaired) electrons. The average Bonchev–Trinajstić information content (AvgIpc) is 3.11. The van der Waals surface area contributed by atoms with Crippen molar-refractivity contribution < 1.29 is 24.2 Å². The van der Waals surface area contributed by atoms with Crippen molar-refractivity contribution in [3.63, 3.8) is 0 Å². The van der Waals surface area contributed by atoms with Crippen molar-refractivity contribution >= 4 is 24.3 Å². The van der Waals surface area contributed by atoms with Gasteiger partial charge in [-0.3, -0.25) is 9.59 Å². The molecular weight excluding hydrogens is 336 g/mol. The molecule has 1 aromatic heterocycles. The number of aliphatic hydroxyl groups excluding tert-OH is 1. The summed E-state index contributed by atoms with van der Waals surface area (Å²) in [6, 6.07) is 3.07. The number of rotatable bonds is 7. The first-order valence-electron chi connectivity index (χ1n) is 7.85. The Morgan fingerprint density at radius 1 is 1.38 bits per heavy atom. The van der Waals surface area contributed by atoms with E-state index in [0.717, 1.165) is 6.54 Å². The first-order chi connectivity index (χ1) is 10.9. The minimum Gasteiger partial charge on any atom is -0.481 e. The molecule has 0 bridgehead atoms. The Morgan fingerprint density at radius 3 is 2.62 bits per heavy atom. The van der Waals surface area contributed by atoms with Crippen molar-refractivity contribution in [1.29, 1.82) is 0 Å². The molecule has 7 nitrogen and oxygen atoms in total. The number of carboxylic acids is 1. The van der Waals surface area contributed by atoms with Gasteiger partial charge in [-0.05, 0) is 24.0 Å². The third kappa shape index (κ3) is 5.22. The van der Waals surface area contributed by atoms with E-state index in [1.54, 1.807) is 12.1 Å². The lowest BCUT2D eigenvalue weighted by molar-refractivity contribution is -0.137. The summed E-state index contributed by atoms with van der Waals surface area (Å²) in [5.41, 5.74) is 0. The van der Waals surface area contributed by atoms with Crippen LogP contribution in [0.2, 0.25) is 0 Å². The van der Waals surface area contributed by atoms with Crippen LogP contribution in [-0.2, 0) is 11.4 Å². The van der Waals surface area contributed by atoms with Gasteiger partial charge in [0.15, 0.2) is 5.76 Å². The molecule has 0 spiro atoms. The van der Waals surface area contributed by atoms with Crippen molar-refractivity contribution in [3.8, 4) is 0 Å². The zero-order chi connectivity index (χ0) is 17.0. The molecule has 0 aromatic carbocycles. The molecule has 1 aliphatic rings. The number of nitrogens with one attached hydrogen (secondary N) is 1. The fraction of sp³-hybridized carbons (Fsp3) is 0.625. The van der Waals surface area contributed by atoms with Gasteiger partial charge in [0.05, 0.1) is 6.42 Å². The number of carbonyl (C=O) groups is 2. The van der Waals surface area contributed by atoms with Crippen LogP contribution in [0.4, 0.5) is 0 Å². The highest BCUT2D eigenvalue weighted by Gasteiger charge is 2.36. The summed E-state index contributed by atoms with van der Waals surface area (Å²) in [7, 11) is 0. The van der Waals surface area contributed by atoms with E-state index in [1.165, 1.54) is 0 Å². The van der Waals surface area contributed by atoms with Crippen LogP contribution in [0, 0.1) is 11.8 Å². The Labute approximate surface area is 147 Å². The minimum atomic E-state index is -0.814. The van der Waals surface area contributed by atoms with E-state index in [0.29, 0.717) is 24.8 Å². The molecule has 2 rings (SSSR count). The second kappa shape index (κ2) is 9.05. The summed E-state index contributed by atoms with van der Waals surface area (Å²) in [5.74, 6) is 0.0523. The van der Waals surface area contributed by atoms with E-state index in [1.807, 2.05) is 0 Å². The second-order valence-corrected chi connectivity index (χ2v) is 6.32. The van der Waals surface area contributed by atoms with Crippen molar-refractivity contribution in [2.24, 2.45) is 11.8 Å². The third-order valence-electron chi connectivity index (χ3n) is 4.30. The van der Waals surface area contributed by atoms with Gasteiger partial charge in [0, 0.05) is 25.7 Å². The predicted octanol–water partition coefficient (Wildman–Crippen LogP) is 1.35. The number of aliphatic hydroxyl groups is 1. The molecule has 2 atom stereocenters. The van der Waals surface area contributed by atoms with Crippen molar-refractivity contribution in [3.05, 3.63) is 23.7 Å². The van der Waals surface area contributed by atoms with E-state index in [2.05, 4.69) is 24.1 Å². The van der Waals surface area contributed by atoms with Gasteiger partial charge < -0.3 is 24.8 Å². The number of halogens is 1. The summed E-state index contributed by atoms with van der Waals surface area (Å²) in [6.45, 7) is 5.85. The third-order valence-corrected chi connectivity index (χ3v) is 4.30. The van der Waals surface area contributed by atoms with Gasteiger partial charge in [-0.15, -0.1) is 12.4 Å². The predicted molar refractivity (Wildman–Crippen MR) is 90.2 cm³/mol. The summed E-state index contributed by atoms with van der Waals surface area (Å²) in [6.07, 6.45) is 0.101. The first kappa shape index (κ1) is 20.5. The highest BCUT2D eigenvalue weighted by atomic mass is 35.5. The normalized spacial score (nSPS) is 20.8. The van der Waals surface area contributed by atoms with Gasteiger partial charge in [0.25, 0.3) is 5.91 Å². The van der Waals surface area contributed by atoms with Crippen LogP contribution in [0.3, 0.4) is 0 Å². The molecular formula is C16H25ClN2O5. The number of hydrogen-bond acceptors (Lipinski definition) is 5. The van der Waals surface area contributed by atoms with E-state index >= 15 is 0 Å². The molecule has 3 N–H and O–H groups in total. The zero-order valence-electron chi connectivity index (χ0n) is 13.9. The Kier molecular flexibility index (Phi) is 7.72. The molecule has 8 heteroatoms. The lowest BCUT2D eigenvalue weighted by Crippen LogP contribution is -2.42. The fourth-order valence-corrected chi connectivity index (χ4v) is 3.00. The number of carbonyl (C=O) groups excluding carboxylic acids is 1. The first-order valence-corrected chi connectivity index (χ1v) is 7.85. The van der Waals surface area contributed by atoms with Gasteiger partial charge >= 0.3 is 5.97 Å². The van der Waals surface area contributed by atoms with E-state index in [9.17, 15) is 9.59 Å². The minimum absolute atomic E-state index is 0. The molecule has 136 valence electrons. The summed E-state index contributed by atoms with van der Waals surface area (Å²) in [5, 5.41) is 20.8. The summed E-state index contributed by atoms with van der Waals surface area (Å²) >= 11 is 0. The van der Waals surface area contributed by atoms with Crippen molar-refractivity contribution in [1.82, 2.24) is 10.2 Å². The number of furan rings is 1. The number of carboxylic acid groups (broad SMARTS) is 1. The molecule has 24 heavy (non-hydrogen) atoms. The smallest absolute Gasteiger partial charge is 0.304 e. The largest absolute Gasteiger partial charge is 0.481 e. The summed E-state index contributed by atoms with van der Waals surface area (Å²) in [4.78, 5) is 25.1. The van der Waals surface area contributed by atoms with Crippen molar-refractivity contribution in [2.45, 2.75) is 32.9 Å². The van der Waals surface area contributed by atoms with Crippen LogP contribution in [0.25, 0.3) is 0 Å². The Balaban J connectivity index is 0.00000288. The number of hydrogen-bond donors (Lipinski definition) is 3. The maximum Gasteiger partial charge on any atom is 0.304 e. The molecule has 1 saturated heterocycles. The van der Waals surface area contributed by atoms with Crippen LogP contribution >= 0.6 is 12.4 Å². The number of nitrogens with zero attached hydrogens (tertiary/aromatic N) is 1. The van der Waals surface area contributed by atoms with Crippen LogP contribution in [-0.4, -0.2) is 52.7 Å². The average molecular weight is 361 g/mol. The van der Waals surface area contributed by atoms with Crippen LogP contribution < -0.4 is 5.32 Å². The standard InChI is InChI=1S/C16H24N2O5.ClH/c1-10(2)12-7-18(6-5-15(20)21)8-13(12)17-16(22)14-4-3-11(9-19)23-14;/h3-4,10,12-13,19H,5-9H2,1-2H3,(H,17,22)(H,20,21);1H/t12-,13+;/m1./s1. The van der Waals surface area contributed by atoms with Crippen LogP contribution in [0.1, 0.15) is 36.6 Å². The van der Waals surface area contributed by atoms with E-state index < -0.39 is 5.97 Å². The van der Waals surface area contributed by atoms with Gasteiger partial charge in [-0.1, -0.05) is 13.8 Å². The maximum atomic E-state index is 12.3. The highest BCUT2D eigenvalue weighted by Crippen LogP contribution is 2.25. The molecule has 1 aromatic rings. The Bertz CT molecular complexity index is 560. The highest BCUT2D eigenvalue weighted by molar-refractivity contribution is 5.91. The van der Waals surface area contributed by atoms with E-state index in [4.69, 9.17) is 14.6 Å². The number of likely N-dealkylation sites (tertiary alicyclic amines) is 1. The quantitative estimate of drug-likeness (QED) is 0.678. The van der Waals surface area contributed by atoms with Crippen LogP contribution in [0.5, 0.6) is 0 Å². The SMILES string of the molecule is CC(C)[C@H]1CN(CCC(=O)O)C[C@@H]1NC(=O)c1ccc(CO)o1.Cl. The van der Waals surface area contributed by atoms with Crippen LogP contribution in [0.15, 0.2) is 16.5 Å². The fourth-order valence-electron chi connectivity index (χ4n) is 3.00. The lowest BCUT2D eigenvalue weighted by atomic mass is 9.91. The molecule has 0 aliphatic carbocycles. The van der Waals surface area contributed by atoms with Gasteiger partial charge in [0.2, 0.25) is 0 Å². The van der Waals surface area contributed by atoms with E-state index in [-0.39, 0.29) is 49.1 Å².